The van der Waals surface area contributed by atoms with E-state index in [2.05, 4.69) is 0 Å². The predicted octanol–water partition coefficient (Wildman–Crippen LogP) is -3.61. The molecule has 0 heterocycles. The molecule has 0 rings (SSSR count). The van der Waals surface area contributed by atoms with Crippen LogP contribution >= 0.6 is 0 Å². The fourth-order valence-electron chi connectivity index (χ4n) is 0. The van der Waals surface area contributed by atoms with Crippen molar-refractivity contribution in [3.05, 3.63) is 6.57 Å². The van der Waals surface area contributed by atoms with Gasteiger partial charge in [-0.2, -0.15) is 0 Å². The van der Waals surface area contributed by atoms with Crippen molar-refractivity contribution in [1.82, 2.24) is 0 Å². The van der Waals surface area contributed by atoms with E-state index in [1.165, 1.54) is 0 Å². The van der Waals surface area contributed by atoms with Crippen molar-refractivity contribution in [1.29, 1.82) is 5.26 Å². The van der Waals surface area contributed by atoms with Crippen molar-refractivity contribution >= 4 is 0 Å². The summed E-state index contributed by atoms with van der Waals surface area (Å²) >= 11 is 0. The quantitative estimate of drug-likeness (QED) is 0.243. The van der Waals surface area contributed by atoms with Crippen molar-refractivity contribution < 1.29 is 53.5 Å². The van der Waals surface area contributed by atoms with E-state index in [9.17, 15) is 0 Å². The Labute approximate surface area is 65.1 Å². The molecule has 0 amide bonds. The van der Waals surface area contributed by atoms with Crippen LogP contribution in [-0.4, -0.2) is 5.48 Å². The summed E-state index contributed by atoms with van der Waals surface area (Å²) in [6.07, 6.45) is 0. The van der Waals surface area contributed by atoms with Crippen LogP contribution in [0.4, 0.5) is 0 Å². The van der Waals surface area contributed by atoms with E-state index in [-0.39, 0.29) is 53.5 Å². The first-order chi connectivity index (χ1) is 1.00. The van der Waals surface area contributed by atoms with Gasteiger partial charge in [-0.1, -0.05) is 0 Å². The van der Waals surface area contributed by atoms with Gasteiger partial charge < -0.3 is 18.7 Å². The topological polar surface area (TPSA) is 55.3 Å². The molecule has 0 radical (unpaired) electrons. The zero-order valence-corrected chi connectivity index (χ0v) is 5.90. The number of rotatable bonds is 0. The standard InChI is InChI=1S/CN.Fe.Na.H2O.H/c1-2;;;;/h;;;1H2;/q-1;;+1;;-1. The molecule has 0 saturated carbocycles. The van der Waals surface area contributed by atoms with Gasteiger partial charge in [0.1, 0.15) is 0 Å². The van der Waals surface area contributed by atoms with E-state index in [4.69, 9.17) is 11.8 Å². The SMILES string of the molecule is O.[C-]#N.[Fe].[H-].[Na+]. The van der Waals surface area contributed by atoms with E-state index in [1.807, 2.05) is 0 Å². The Bertz CT molecular complexity index is 20.3. The van der Waals surface area contributed by atoms with Gasteiger partial charge in [-0.05, 0) is 0 Å². The monoisotopic (exact) mass is 124 g/mol. The maximum Gasteiger partial charge on any atom is 1.00 e. The Morgan fingerprint density at radius 2 is 1.40 bits per heavy atom. The molecule has 0 atom stereocenters. The molecule has 0 aromatic rings. The molecule has 5 heavy (non-hydrogen) atoms. The van der Waals surface area contributed by atoms with Gasteiger partial charge in [-0.3, -0.25) is 0 Å². The Kier molecular flexibility index (Phi) is 633. The minimum atomic E-state index is 0. The molecule has 0 aromatic heterocycles. The van der Waals surface area contributed by atoms with Crippen LogP contribution in [-0.2, 0) is 17.1 Å². The maximum absolute atomic E-state index is 6.25. The van der Waals surface area contributed by atoms with Gasteiger partial charge in [-0.15, -0.1) is 0 Å². The summed E-state index contributed by atoms with van der Waals surface area (Å²) in [7, 11) is 0. The molecule has 28 valence electrons. The maximum atomic E-state index is 6.25. The van der Waals surface area contributed by atoms with Crippen molar-refractivity contribution in [2.45, 2.75) is 0 Å². The fraction of sp³-hybridized carbons (Fsp3) is 0. The van der Waals surface area contributed by atoms with Crippen LogP contribution in [0.15, 0.2) is 0 Å². The second-order valence-electron chi connectivity index (χ2n) is 0. The molecule has 0 aliphatic rings. The smallest absolute Gasteiger partial charge is 1.00 e. The van der Waals surface area contributed by atoms with Gasteiger partial charge in [0.25, 0.3) is 0 Å². The van der Waals surface area contributed by atoms with Crippen molar-refractivity contribution in [2.24, 2.45) is 0 Å². The number of nitrogens with zero attached hydrogens (tertiary/aromatic N) is 1. The van der Waals surface area contributed by atoms with E-state index < -0.39 is 0 Å². The van der Waals surface area contributed by atoms with Crippen LogP contribution in [0.2, 0.25) is 0 Å². The summed E-state index contributed by atoms with van der Waals surface area (Å²) < 4.78 is 0. The van der Waals surface area contributed by atoms with Crippen molar-refractivity contribution in [3.8, 4) is 0 Å². The molecule has 0 unspecified atom stereocenters. The van der Waals surface area contributed by atoms with E-state index >= 15 is 0 Å². The molecule has 2 nitrogen and oxygen atoms in total. The van der Waals surface area contributed by atoms with Gasteiger partial charge >= 0.3 is 29.6 Å². The van der Waals surface area contributed by atoms with Crippen LogP contribution in [0, 0.1) is 11.8 Å². The van der Waals surface area contributed by atoms with Crippen LogP contribution in [0.3, 0.4) is 0 Å². The number of hydrogen-bond donors (Lipinski definition) is 0. The van der Waals surface area contributed by atoms with Crippen LogP contribution in [0.1, 0.15) is 1.43 Å². The van der Waals surface area contributed by atoms with Gasteiger partial charge in [-0.25, -0.2) is 0 Å². The van der Waals surface area contributed by atoms with Gasteiger partial charge in [0.05, 0.1) is 0 Å². The fourth-order valence-corrected chi connectivity index (χ4v) is 0. The molecule has 0 aliphatic heterocycles. The Balaban J connectivity index is -0.000000000833. The van der Waals surface area contributed by atoms with Gasteiger partial charge in [0.15, 0.2) is 0 Å². The minimum absolute atomic E-state index is 0. The van der Waals surface area contributed by atoms with Crippen molar-refractivity contribution in [3.63, 3.8) is 0 Å². The zero-order chi connectivity index (χ0) is 2.00. The van der Waals surface area contributed by atoms with Crippen LogP contribution < -0.4 is 29.6 Å². The van der Waals surface area contributed by atoms with E-state index in [0.29, 0.717) is 0 Å². The molecule has 0 fully saturated rings. The van der Waals surface area contributed by atoms with Gasteiger partial charge in [0.2, 0.25) is 0 Å². The first-order valence-corrected chi connectivity index (χ1v) is 0.224. The van der Waals surface area contributed by atoms with E-state index in [1.54, 1.807) is 0 Å². The zero-order valence-electron chi connectivity index (χ0n) is 3.80. The third-order valence-corrected chi connectivity index (χ3v) is 0. The summed E-state index contributed by atoms with van der Waals surface area (Å²) in [6, 6.07) is 0. The average molecular weight is 124 g/mol. The molecule has 0 aliphatic carbocycles. The average Bonchev–Trinajstić information content (AvgIpc) is 1.00. The number of hydrogen-bond acceptors (Lipinski definition) is 1. The predicted molar refractivity (Wildman–Crippen MR) is 9.69 cm³/mol. The molecular formula is CH3FeNNaO-. The molecule has 0 saturated heterocycles. The second kappa shape index (κ2) is 83.3. The van der Waals surface area contributed by atoms with Crippen LogP contribution in [0.5, 0.6) is 0 Å². The van der Waals surface area contributed by atoms with E-state index in [0.717, 1.165) is 0 Å². The first kappa shape index (κ1) is 38.0. The molecule has 0 aromatic carbocycles. The van der Waals surface area contributed by atoms with Crippen LogP contribution in [0.25, 0.3) is 0 Å². The third-order valence-electron chi connectivity index (χ3n) is 0. The molecular weight excluding hydrogens is 121 g/mol. The minimum Gasteiger partial charge on any atom is -1.00 e. The summed E-state index contributed by atoms with van der Waals surface area (Å²) in [5.41, 5.74) is 0. The summed E-state index contributed by atoms with van der Waals surface area (Å²) in [5.74, 6) is 0. The Morgan fingerprint density at radius 1 is 1.40 bits per heavy atom. The Morgan fingerprint density at radius 3 is 1.40 bits per heavy atom. The largest absolute Gasteiger partial charge is 1.00 e. The summed E-state index contributed by atoms with van der Waals surface area (Å²) in [4.78, 5) is 0. The van der Waals surface area contributed by atoms with Crippen molar-refractivity contribution in [2.75, 3.05) is 0 Å². The normalized spacial score (nSPS) is 0.400. The van der Waals surface area contributed by atoms with Gasteiger partial charge in [0, 0.05) is 17.1 Å². The summed E-state index contributed by atoms with van der Waals surface area (Å²) in [5, 5.41) is 6.25. The molecule has 2 N–H and O–H groups in total. The second-order valence-corrected chi connectivity index (χ2v) is 0. The molecule has 0 bridgehead atoms. The summed E-state index contributed by atoms with van der Waals surface area (Å²) in [6.45, 7) is 4.75. The molecule has 4 heteroatoms. The Hall–Kier alpha value is 0.969. The third kappa shape index (κ3) is 46.6. The first-order valence-electron chi connectivity index (χ1n) is 0.224. The molecule has 0 spiro atoms.